The largest absolute Gasteiger partial charge is 0.343 e. The summed E-state index contributed by atoms with van der Waals surface area (Å²) in [4.78, 5) is 12.6. The van der Waals surface area contributed by atoms with Crippen molar-refractivity contribution in [1.29, 1.82) is 0 Å². The molecule has 0 unspecified atom stereocenters. The summed E-state index contributed by atoms with van der Waals surface area (Å²) in [6.45, 7) is 4.33. The number of hydrogen-bond donors (Lipinski definition) is 0. The molecule has 0 aliphatic rings. The van der Waals surface area contributed by atoms with E-state index in [1.165, 1.54) is 12.1 Å². The van der Waals surface area contributed by atoms with Crippen LogP contribution in [0, 0.1) is 5.82 Å². The van der Waals surface area contributed by atoms with Crippen molar-refractivity contribution >= 4 is 16.7 Å². The van der Waals surface area contributed by atoms with E-state index in [0.29, 0.717) is 12.1 Å². The zero-order valence-corrected chi connectivity index (χ0v) is 11.4. The van der Waals surface area contributed by atoms with E-state index in [2.05, 4.69) is 6.58 Å². The molecule has 0 aliphatic carbocycles. The van der Waals surface area contributed by atoms with Gasteiger partial charge in [0.25, 0.3) is 0 Å². The van der Waals surface area contributed by atoms with E-state index in [4.69, 9.17) is 0 Å². The average molecular weight is 279 g/mol. The molecule has 0 saturated carbocycles. The normalized spacial score (nSPS) is 10.7. The molecule has 2 nitrogen and oxygen atoms in total. The second kappa shape index (κ2) is 5.37. The molecule has 0 aliphatic heterocycles. The molecule has 3 aromatic rings. The lowest BCUT2D eigenvalue weighted by atomic mass is 10.0. The fraction of sp³-hybridized carbons (Fsp3) is 0.0556. The van der Waals surface area contributed by atoms with Crippen LogP contribution in [0.5, 0.6) is 0 Å². The number of halogens is 1. The lowest BCUT2D eigenvalue weighted by Crippen LogP contribution is -2.03. The summed E-state index contributed by atoms with van der Waals surface area (Å²) in [5.41, 5.74) is 1.55. The second-order valence-corrected chi connectivity index (χ2v) is 4.81. The predicted molar refractivity (Wildman–Crippen MR) is 82.0 cm³/mol. The third-order valence-corrected chi connectivity index (χ3v) is 3.48. The number of carbonyl (C=O) groups excluding carboxylic acids is 1. The van der Waals surface area contributed by atoms with Crippen LogP contribution in [0.3, 0.4) is 0 Å². The van der Waals surface area contributed by atoms with Crippen molar-refractivity contribution in [1.82, 2.24) is 4.57 Å². The quantitative estimate of drug-likeness (QED) is 0.518. The topological polar surface area (TPSA) is 22.0 Å². The number of fused-ring (bicyclic) bond motifs is 1. The highest BCUT2D eigenvalue weighted by molar-refractivity contribution is 6.16. The minimum atomic E-state index is -0.497. The van der Waals surface area contributed by atoms with Crippen molar-refractivity contribution in [2.24, 2.45) is 0 Å². The molecule has 0 N–H and O–H groups in total. The van der Waals surface area contributed by atoms with E-state index in [9.17, 15) is 9.18 Å². The maximum absolute atomic E-state index is 13.8. The summed E-state index contributed by atoms with van der Waals surface area (Å²) < 4.78 is 15.8. The number of aromatic nitrogens is 1. The monoisotopic (exact) mass is 279 g/mol. The van der Waals surface area contributed by atoms with E-state index in [1.807, 2.05) is 28.8 Å². The molecule has 3 heteroatoms. The maximum Gasteiger partial charge on any atom is 0.198 e. The molecule has 1 aromatic heterocycles. The third kappa shape index (κ3) is 2.27. The molecule has 0 saturated heterocycles. The van der Waals surface area contributed by atoms with E-state index < -0.39 is 5.82 Å². The first-order chi connectivity index (χ1) is 10.2. The van der Waals surface area contributed by atoms with Gasteiger partial charge in [-0.3, -0.25) is 4.79 Å². The number of hydrogen-bond acceptors (Lipinski definition) is 1. The number of benzene rings is 2. The van der Waals surface area contributed by atoms with Crippen LogP contribution >= 0.6 is 0 Å². The van der Waals surface area contributed by atoms with Crippen LogP contribution in [0.15, 0.2) is 67.4 Å². The Balaban J connectivity index is 2.19. The van der Waals surface area contributed by atoms with Crippen LogP contribution < -0.4 is 0 Å². The van der Waals surface area contributed by atoms with Crippen LogP contribution in [0.1, 0.15) is 15.9 Å². The zero-order valence-electron chi connectivity index (χ0n) is 11.4. The first-order valence-electron chi connectivity index (χ1n) is 6.70. The summed E-state index contributed by atoms with van der Waals surface area (Å²) in [6.07, 6.45) is 3.53. The standard InChI is InChI=1S/C18H14FNO/c1-2-11-20-12-15(13-7-4-6-10-17(13)20)18(21)14-8-3-5-9-16(14)19/h2-10,12H,1,11H2. The SMILES string of the molecule is C=CCn1cc(C(=O)c2ccccc2F)c2ccccc21. The Hall–Kier alpha value is -2.68. The smallest absolute Gasteiger partial charge is 0.198 e. The van der Waals surface area contributed by atoms with Crippen LogP contribution in [0.4, 0.5) is 4.39 Å². The van der Waals surface area contributed by atoms with Crippen LogP contribution in [-0.2, 0) is 6.54 Å². The van der Waals surface area contributed by atoms with Gasteiger partial charge in [0.2, 0.25) is 0 Å². The van der Waals surface area contributed by atoms with Gasteiger partial charge in [-0.1, -0.05) is 36.4 Å². The Morgan fingerprint density at radius 1 is 1.10 bits per heavy atom. The van der Waals surface area contributed by atoms with E-state index in [-0.39, 0.29) is 11.3 Å². The minimum Gasteiger partial charge on any atom is -0.343 e. The highest BCUT2D eigenvalue weighted by Crippen LogP contribution is 2.24. The van der Waals surface area contributed by atoms with Gasteiger partial charge in [-0.2, -0.15) is 0 Å². The van der Waals surface area contributed by atoms with Crippen molar-refractivity contribution in [3.05, 3.63) is 84.3 Å². The number of carbonyl (C=O) groups is 1. The summed E-state index contributed by atoms with van der Waals surface area (Å²) in [7, 11) is 0. The molecule has 2 aromatic carbocycles. The molecule has 21 heavy (non-hydrogen) atoms. The van der Waals surface area contributed by atoms with Crippen molar-refractivity contribution in [2.75, 3.05) is 0 Å². The Morgan fingerprint density at radius 2 is 1.81 bits per heavy atom. The molecule has 1 heterocycles. The molecular weight excluding hydrogens is 265 g/mol. The highest BCUT2D eigenvalue weighted by Gasteiger charge is 2.18. The molecule has 3 rings (SSSR count). The first kappa shape index (κ1) is 13.3. The van der Waals surface area contributed by atoms with Gasteiger partial charge in [0.1, 0.15) is 5.82 Å². The minimum absolute atomic E-state index is 0.0963. The van der Waals surface area contributed by atoms with Crippen molar-refractivity contribution < 1.29 is 9.18 Å². The van der Waals surface area contributed by atoms with E-state index >= 15 is 0 Å². The number of nitrogens with zero attached hydrogens (tertiary/aromatic N) is 1. The van der Waals surface area contributed by atoms with Crippen LogP contribution in [-0.4, -0.2) is 10.4 Å². The maximum atomic E-state index is 13.8. The summed E-state index contributed by atoms with van der Waals surface area (Å²) in [5, 5.41) is 0.826. The number of allylic oxidation sites excluding steroid dienone is 1. The molecule has 104 valence electrons. The van der Waals surface area contributed by atoms with Gasteiger partial charge in [0.05, 0.1) is 5.56 Å². The molecular formula is C18H14FNO. The van der Waals surface area contributed by atoms with Crippen LogP contribution in [0.2, 0.25) is 0 Å². The van der Waals surface area contributed by atoms with Gasteiger partial charge in [-0.15, -0.1) is 6.58 Å². The Labute approximate surface area is 122 Å². The summed E-state index contributed by atoms with van der Waals surface area (Å²) >= 11 is 0. The summed E-state index contributed by atoms with van der Waals surface area (Å²) in [5.74, 6) is -0.796. The van der Waals surface area contributed by atoms with Crippen LogP contribution in [0.25, 0.3) is 10.9 Å². The van der Waals surface area contributed by atoms with E-state index in [0.717, 1.165) is 10.9 Å². The van der Waals surface area contributed by atoms with E-state index in [1.54, 1.807) is 24.4 Å². The first-order valence-corrected chi connectivity index (χ1v) is 6.70. The molecule has 0 amide bonds. The Morgan fingerprint density at radius 3 is 2.57 bits per heavy atom. The van der Waals surface area contributed by atoms with Gasteiger partial charge in [0.15, 0.2) is 5.78 Å². The Bertz CT molecular complexity index is 832. The van der Waals surface area contributed by atoms with Gasteiger partial charge < -0.3 is 4.57 Å². The molecule has 0 atom stereocenters. The van der Waals surface area contributed by atoms with Gasteiger partial charge >= 0.3 is 0 Å². The van der Waals surface area contributed by atoms with Gasteiger partial charge in [-0.05, 0) is 18.2 Å². The van der Waals surface area contributed by atoms with Gasteiger partial charge in [0, 0.05) is 29.2 Å². The molecule has 0 bridgehead atoms. The average Bonchev–Trinajstić information content (AvgIpc) is 2.87. The zero-order chi connectivity index (χ0) is 14.8. The second-order valence-electron chi connectivity index (χ2n) is 4.81. The van der Waals surface area contributed by atoms with Crippen molar-refractivity contribution in [3.63, 3.8) is 0 Å². The van der Waals surface area contributed by atoms with Crippen molar-refractivity contribution in [3.8, 4) is 0 Å². The number of ketones is 1. The summed E-state index contributed by atoms with van der Waals surface area (Å²) in [6, 6.07) is 13.7. The molecule has 0 radical (unpaired) electrons. The third-order valence-electron chi connectivity index (χ3n) is 3.48. The van der Waals surface area contributed by atoms with Crippen molar-refractivity contribution in [2.45, 2.75) is 6.54 Å². The highest BCUT2D eigenvalue weighted by atomic mass is 19.1. The lowest BCUT2D eigenvalue weighted by Gasteiger charge is -2.00. The van der Waals surface area contributed by atoms with Gasteiger partial charge in [-0.25, -0.2) is 4.39 Å². The molecule has 0 spiro atoms. The fourth-order valence-corrected chi connectivity index (χ4v) is 2.51. The Kier molecular flexibility index (Phi) is 3.40. The number of para-hydroxylation sites is 1. The number of rotatable bonds is 4. The molecule has 0 fully saturated rings. The predicted octanol–water partition coefficient (Wildman–Crippen LogP) is 4.20. The lowest BCUT2D eigenvalue weighted by molar-refractivity contribution is 0.103. The fourth-order valence-electron chi connectivity index (χ4n) is 2.51.